The van der Waals surface area contributed by atoms with E-state index in [1.165, 1.54) is 11.3 Å². The van der Waals surface area contributed by atoms with Crippen LogP contribution < -0.4 is 5.32 Å². The highest BCUT2D eigenvalue weighted by atomic mass is 16.2. The Labute approximate surface area is 190 Å². The van der Waals surface area contributed by atoms with Gasteiger partial charge in [0.1, 0.15) is 0 Å². The molecule has 0 radical (unpaired) electrons. The molecule has 2 aromatic carbocycles. The van der Waals surface area contributed by atoms with Crippen LogP contribution >= 0.6 is 0 Å². The molecule has 1 saturated carbocycles. The SMILES string of the molecule is CCN(Cc1ccc(C(=O)N(C)C)cc1)C(=O)c1cccc(NC(=O)C2CCCCC2)c1. The number of hydrogen-bond donors (Lipinski definition) is 1. The molecule has 1 aliphatic carbocycles. The minimum absolute atomic E-state index is 0.0490. The van der Waals surface area contributed by atoms with Crippen molar-refractivity contribution in [1.29, 1.82) is 0 Å². The Morgan fingerprint density at radius 3 is 2.22 bits per heavy atom. The fourth-order valence-corrected chi connectivity index (χ4v) is 4.08. The summed E-state index contributed by atoms with van der Waals surface area (Å²) in [6.07, 6.45) is 5.29. The number of hydrogen-bond acceptors (Lipinski definition) is 3. The van der Waals surface area contributed by atoms with Crippen LogP contribution in [0.4, 0.5) is 5.69 Å². The zero-order valence-corrected chi connectivity index (χ0v) is 19.3. The van der Waals surface area contributed by atoms with Crippen molar-refractivity contribution in [3.8, 4) is 0 Å². The zero-order chi connectivity index (χ0) is 23.1. The molecular weight excluding hydrogens is 402 g/mol. The molecule has 1 N–H and O–H groups in total. The van der Waals surface area contributed by atoms with Crippen LogP contribution in [0.5, 0.6) is 0 Å². The lowest BCUT2D eigenvalue weighted by atomic mass is 9.88. The molecule has 6 nitrogen and oxygen atoms in total. The molecule has 3 amide bonds. The van der Waals surface area contributed by atoms with Crippen LogP contribution in [0.2, 0.25) is 0 Å². The first kappa shape index (κ1) is 23.5. The van der Waals surface area contributed by atoms with Crippen molar-refractivity contribution in [2.45, 2.75) is 45.6 Å². The number of nitrogens with one attached hydrogen (secondary N) is 1. The van der Waals surface area contributed by atoms with Gasteiger partial charge in [-0.05, 0) is 55.7 Å². The van der Waals surface area contributed by atoms with E-state index in [1.54, 1.807) is 49.3 Å². The average Bonchev–Trinajstić information content (AvgIpc) is 2.82. The van der Waals surface area contributed by atoms with Gasteiger partial charge in [0.25, 0.3) is 11.8 Å². The molecule has 6 heteroatoms. The third-order valence-corrected chi connectivity index (χ3v) is 6.00. The molecule has 2 aromatic rings. The molecule has 170 valence electrons. The first-order valence-electron chi connectivity index (χ1n) is 11.4. The quantitative estimate of drug-likeness (QED) is 0.693. The van der Waals surface area contributed by atoms with E-state index in [0.29, 0.717) is 29.9 Å². The van der Waals surface area contributed by atoms with E-state index < -0.39 is 0 Å². The van der Waals surface area contributed by atoms with Crippen molar-refractivity contribution in [2.24, 2.45) is 5.92 Å². The minimum Gasteiger partial charge on any atom is -0.345 e. The Hall–Kier alpha value is -3.15. The monoisotopic (exact) mass is 435 g/mol. The second-order valence-electron chi connectivity index (χ2n) is 8.62. The van der Waals surface area contributed by atoms with E-state index in [2.05, 4.69) is 5.32 Å². The Kier molecular flexibility index (Phi) is 8.03. The summed E-state index contributed by atoms with van der Waals surface area (Å²) in [5.41, 5.74) is 2.79. The maximum atomic E-state index is 13.1. The highest BCUT2D eigenvalue weighted by molar-refractivity contribution is 5.98. The Morgan fingerprint density at radius 2 is 1.59 bits per heavy atom. The van der Waals surface area contributed by atoms with Gasteiger partial charge in [-0.15, -0.1) is 0 Å². The molecule has 0 bridgehead atoms. The maximum Gasteiger partial charge on any atom is 0.254 e. The summed E-state index contributed by atoms with van der Waals surface area (Å²) < 4.78 is 0. The maximum absolute atomic E-state index is 13.1. The average molecular weight is 436 g/mol. The number of carbonyl (C=O) groups excluding carboxylic acids is 3. The number of amides is 3. The van der Waals surface area contributed by atoms with Gasteiger partial charge in [-0.2, -0.15) is 0 Å². The zero-order valence-electron chi connectivity index (χ0n) is 19.3. The summed E-state index contributed by atoms with van der Waals surface area (Å²) in [7, 11) is 3.44. The number of benzene rings is 2. The topological polar surface area (TPSA) is 69.7 Å². The summed E-state index contributed by atoms with van der Waals surface area (Å²) in [6.45, 7) is 2.94. The van der Waals surface area contributed by atoms with Gasteiger partial charge in [0.05, 0.1) is 0 Å². The Morgan fingerprint density at radius 1 is 0.906 bits per heavy atom. The molecule has 1 aliphatic rings. The lowest BCUT2D eigenvalue weighted by Crippen LogP contribution is -2.30. The van der Waals surface area contributed by atoms with E-state index >= 15 is 0 Å². The fraction of sp³-hybridized carbons (Fsp3) is 0.423. The van der Waals surface area contributed by atoms with Gasteiger partial charge in [0.15, 0.2) is 0 Å². The molecule has 0 aromatic heterocycles. The summed E-state index contributed by atoms with van der Waals surface area (Å²) in [5, 5.41) is 2.99. The first-order valence-corrected chi connectivity index (χ1v) is 11.4. The largest absolute Gasteiger partial charge is 0.345 e. The second kappa shape index (κ2) is 10.9. The Balaban J connectivity index is 1.66. The van der Waals surface area contributed by atoms with Crippen LogP contribution in [-0.4, -0.2) is 48.2 Å². The van der Waals surface area contributed by atoms with Crippen molar-refractivity contribution in [2.75, 3.05) is 26.0 Å². The summed E-state index contributed by atoms with van der Waals surface area (Å²) in [6, 6.07) is 14.5. The van der Waals surface area contributed by atoms with Crippen LogP contribution in [0.3, 0.4) is 0 Å². The highest BCUT2D eigenvalue weighted by Gasteiger charge is 2.22. The Bertz CT molecular complexity index is 947. The van der Waals surface area contributed by atoms with Gasteiger partial charge in [-0.3, -0.25) is 14.4 Å². The summed E-state index contributed by atoms with van der Waals surface area (Å²) in [5.74, 6) is -0.0200. The standard InChI is InChI=1S/C26H33N3O3/c1-4-29(18-19-13-15-21(16-14-19)25(31)28(2)3)26(32)22-11-8-12-23(17-22)27-24(30)20-9-6-5-7-10-20/h8,11-17,20H,4-7,9-10,18H2,1-3H3,(H,27,30). The third kappa shape index (κ3) is 5.96. The van der Waals surface area contributed by atoms with E-state index in [1.807, 2.05) is 25.1 Å². The van der Waals surface area contributed by atoms with Crippen LogP contribution in [0.25, 0.3) is 0 Å². The molecule has 32 heavy (non-hydrogen) atoms. The predicted molar refractivity (Wildman–Crippen MR) is 127 cm³/mol. The molecule has 0 heterocycles. The third-order valence-electron chi connectivity index (χ3n) is 6.00. The first-order chi connectivity index (χ1) is 15.4. The normalized spacial score (nSPS) is 14.0. The molecule has 0 spiro atoms. The molecule has 0 atom stereocenters. The lowest BCUT2D eigenvalue weighted by Gasteiger charge is -2.22. The van der Waals surface area contributed by atoms with Gasteiger partial charge < -0.3 is 15.1 Å². The summed E-state index contributed by atoms with van der Waals surface area (Å²) >= 11 is 0. The van der Waals surface area contributed by atoms with Crippen molar-refractivity contribution in [3.05, 3.63) is 65.2 Å². The van der Waals surface area contributed by atoms with Crippen LogP contribution in [0.15, 0.2) is 48.5 Å². The number of nitrogens with zero attached hydrogens (tertiary/aromatic N) is 2. The number of carbonyl (C=O) groups is 3. The molecule has 3 rings (SSSR count). The van der Waals surface area contributed by atoms with E-state index in [0.717, 1.165) is 31.2 Å². The number of anilines is 1. The predicted octanol–water partition coefficient (Wildman–Crippen LogP) is 4.57. The van der Waals surface area contributed by atoms with Gasteiger partial charge in [0.2, 0.25) is 5.91 Å². The highest BCUT2D eigenvalue weighted by Crippen LogP contribution is 2.25. The van der Waals surface area contributed by atoms with E-state index in [-0.39, 0.29) is 23.6 Å². The number of rotatable bonds is 7. The fourth-order valence-electron chi connectivity index (χ4n) is 4.08. The molecule has 0 saturated heterocycles. The lowest BCUT2D eigenvalue weighted by molar-refractivity contribution is -0.120. The van der Waals surface area contributed by atoms with Gasteiger partial charge in [-0.1, -0.05) is 37.5 Å². The van der Waals surface area contributed by atoms with Crippen LogP contribution in [-0.2, 0) is 11.3 Å². The molecular formula is C26H33N3O3. The summed E-state index contributed by atoms with van der Waals surface area (Å²) in [4.78, 5) is 41.1. The minimum atomic E-state index is -0.0882. The molecule has 0 unspecified atom stereocenters. The van der Waals surface area contributed by atoms with Crippen molar-refractivity contribution in [1.82, 2.24) is 9.80 Å². The van der Waals surface area contributed by atoms with Crippen molar-refractivity contribution < 1.29 is 14.4 Å². The van der Waals surface area contributed by atoms with Crippen LogP contribution in [0, 0.1) is 5.92 Å². The smallest absolute Gasteiger partial charge is 0.254 e. The van der Waals surface area contributed by atoms with Gasteiger partial charge in [0, 0.05) is 49.9 Å². The van der Waals surface area contributed by atoms with E-state index in [4.69, 9.17) is 0 Å². The second-order valence-corrected chi connectivity index (χ2v) is 8.62. The molecule has 1 fully saturated rings. The van der Waals surface area contributed by atoms with Gasteiger partial charge in [-0.25, -0.2) is 0 Å². The molecule has 0 aliphatic heterocycles. The van der Waals surface area contributed by atoms with E-state index in [9.17, 15) is 14.4 Å². The van der Waals surface area contributed by atoms with Crippen LogP contribution in [0.1, 0.15) is 65.3 Å². The van der Waals surface area contributed by atoms with Gasteiger partial charge >= 0.3 is 0 Å². The van der Waals surface area contributed by atoms with Crippen molar-refractivity contribution in [3.63, 3.8) is 0 Å². The van der Waals surface area contributed by atoms with Crippen molar-refractivity contribution >= 4 is 23.4 Å².